The van der Waals surface area contributed by atoms with Gasteiger partial charge in [-0.05, 0) is 31.4 Å². The molecule has 1 amide bonds. The number of aryl methyl sites for hydroxylation is 2. The topological polar surface area (TPSA) is 125 Å². The lowest BCUT2D eigenvalue weighted by atomic mass is 10.1. The van der Waals surface area contributed by atoms with Crippen LogP contribution in [0.15, 0.2) is 41.3 Å². The number of carbonyl (C=O) groups is 1. The van der Waals surface area contributed by atoms with E-state index in [0.29, 0.717) is 5.69 Å². The first-order valence-electron chi connectivity index (χ1n) is 10.1. The van der Waals surface area contributed by atoms with E-state index in [0.717, 1.165) is 77.9 Å². The molecule has 0 aliphatic carbocycles. The lowest BCUT2D eigenvalue weighted by Gasteiger charge is -2.12. The second kappa shape index (κ2) is 8.50. The van der Waals surface area contributed by atoms with Crippen molar-refractivity contribution in [3.05, 3.63) is 68.4 Å². The third kappa shape index (κ3) is 4.37. The van der Waals surface area contributed by atoms with E-state index in [1.807, 2.05) is 25.1 Å². The Labute approximate surface area is 177 Å². The standard InChI is InChI=1S/C21H22N6O4/c1-14-6-7-15(21-24-23-18-5-3-2-4-10-26(18)21)11-17(14)22-19(28)13-25-12-16(27(30)31)8-9-20(25)29/h6-9,11-12H,2-5,10,13H2,1H3,(H,22,28). The van der Waals surface area contributed by atoms with Crippen LogP contribution in [0.5, 0.6) is 0 Å². The molecule has 0 spiro atoms. The fourth-order valence-electron chi connectivity index (χ4n) is 3.69. The maximum atomic E-state index is 12.6. The largest absolute Gasteiger partial charge is 0.324 e. The van der Waals surface area contributed by atoms with Crippen LogP contribution in [0.1, 0.15) is 30.7 Å². The number of benzene rings is 1. The number of pyridine rings is 1. The minimum Gasteiger partial charge on any atom is -0.324 e. The second-order valence-corrected chi connectivity index (χ2v) is 7.59. The number of rotatable bonds is 5. The SMILES string of the molecule is Cc1ccc(-c2nnc3n2CCCCC3)cc1NC(=O)Cn1cc([N+](=O)[O-])ccc1=O. The number of aromatic nitrogens is 4. The highest BCUT2D eigenvalue weighted by Crippen LogP contribution is 2.27. The molecule has 2 aromatic heterocycles. The normalized spacial score (nSPS) is 13.3. The zero-order valence-corrected chi connectivity index (χ0v) is 17.1. The molecule has 160 valence electrons. The van der Waals surface area contributed by atoms with Crippen molar-refractivity contribution in [2.75, 3.05) is 5.32 Å². The number of nitrogens with one attached hydrogen (secondary N) is 1. The Morgan fingerprint density at radius 2 is 2.03 bits per heavy atom. The molecule has 0 bridgehead atoms. The van der Waals surface area contributed by atoms with Gasteiger partial charge in [0.25, 0.3) is 11.2 Å². The van der Waals surface area contributed by atoms with Crippen molar-refractivity contribution in [2.24, 2.45) is 0 Å². The molecule has 3 aromatic rings. The van der Waals surface area contributed by atoms with Gasteiger partial charge in [-0.1, -0.05) is 18.6 Å². The van der Waals surface area contributed by atoms with Crippen LogP contribution in [0.2, 0.25) is 0 Å². The molecule has 4 rings (SSSR count). The van der Waals surface area contributed by atoms with Gasteiger partial charge in [0.15, 0.2) is 5.82 Å². The van der Waals surface area contributed by atoms with Gasteiger partial charge in [0.05, 0.1) is 11.1 Å². The summed E-state index contributed by atoms with van der Waals surface area (Å²) in [4.78, 5) is 34.9. The van der Waals surface area contributed by atoms with Crippen molar-refractivity contribution in [1.29, 1.82) is 0 Å². The summed E-state index contributed by atoms with van der Waals surface area (Å²) in [6, 6.07) is 7.87. The lowest BCUT2D eigenvalue weighted by molar-refractivity contribution is -0.385. The molecule has 31 heavy (non-hydrogen) atoms. The summed E-state index contributed by atoms with van der Waals surface area (Å²) >= 11 is 0. The van der Waals surface area contributed by atoms with E-state index in [4.69, 9.17) is 0 Å². The molecule has 0 unspecified atom stereocenters. The quantitative estimate of drug-likeness (QED) is 0.498. The first-order valence-corrected chi connectivity index (χ1v) is 10.1. The summed E-state index contributed by atoms with van der Waals surface area (Å²) in [7, 11) is 0. The number of nitro groups is 1. The Kier molecular flexibility index (Phi) is 5.61. The summed E-state index contributed by atoms with van der Waals surface area (Å²) in [5.74, 6) is 1.29. The van der Waals surface area contributed by atoms with Crippen molar-refractivity contribution in [1.82, 2.24) is 19.3 Å². The molecular formula is C21H22N6O4. The Balaban J connectivity index is 1.57. The molecule has 3 heterocycles. The highest BCUT2D eigenvalue weighted by Gasteiger charge is 2.17. The third-order valence-corrected chi connectivity index (χ3v) is 5.37. The summed E-state index contributed by atoms with van der Waals surface area (Å²) < 4.78 is 3.15. The van der Waals surface area contributed by atoms with Gasteiger partial charge >= 0.3 is 0 Å². The Morgan fingerprint density at radius 3 is 2.84 bits per heavy atom. The molecule has 1 aliphatic rings. The number of amides is 1. The first kappa shape index (κ1) is 20.5. The fraction of sp³-hybridized carbons (Fsp3) is 0.333. The molecule has 10 nitrogen and oxygen atoms in total. The Morgan fingerprint density at radius 1 is 1.19 bits per heavy atom. The lowest BCUT2D eigenvalue weighted by Crippen LogP contribution is -2.27. The summed E-state index contributed by atoms with van der Waals surface area (Å²) in [5.41, 5.74) is 1.54. The maximum Gasteiger partial charge on any atom is 0.285 e. The van der Waals surface area contributed by atoms with Gasteiger partial charge in [-0.15, -0.1) is 10.2 Å². The van der Waals surface area contributed by atoms with E-state index >= 15 is 0 Å². The molecule has 0 atom stereocenters. The molecule has 0 fully saturated rings. The van der Waals surface area contributed by atoms with Crippen molar-refractivity contribution < 1.29 is 9.72 Å². The van der Waals surface area contributed by atoms with Gasteiger partial charge in [0, 0.05) is 36.3 Å². The Hall–Kier alpha value is -3.82. The number of anilines is 1. The van der Waals surface area contributed by atoms with Gasteiger partial charge in [-0.3, -0.25) is 24.3 Å². The number of fused-ring (bicyclic) bond motifs is 1. The smallest absolute Gasteiger partial charge is 0.285 e. The van der Waals surface area contributed by atoms with Crippen LogP contribution in [0.3, 0.4) is 0 Å². The number of hydrogen-bond donors (Lipinski definition) is 1. The first-order chi connectivity index (χ1) is 14.9. The van der Waals surface area contributed by atoms with Crippen molar-refractivity contribution >= 4 is 17.3 Å². The van der Waals surface area contributed by atoms with Gasteiger partial charge in [0.2, 0.25) is 5.91 Å². The van der Waals surface area contributed by atoms with Crippen molar-refractivity contribution in [3.8, 4) is 11.4 Å². The van der Waals surface area contributed by atoms with Crippen LogP contribution in [-0.4, -0.2) is 30.2 Å². The Bertz CT molecular complexity index is 1210. The number of hydrogen-bond acceptors (Lipinski definition) is 6. The molecule has 1 aromatic carbocycles. The number of nitrogens with zero attached hydrogens (tertiary/aromatic N) is 5. The fourth-order valence-corrected chi connectivity index (χ4v) is 3.69. The zero-order valence-electron chi connectivity index (χ0n) is 17.1. The minimum absolute atomic E-state index is 0.252. The molecule has 1 N–H and O–H groups in total. The predicted molar refractivity (Wildman–Crippen MR) is 114 cm³/mol. The van der Waals surface area contributed by atoms with Crippen molar-refractivity contribution in [3.63, 3.8) is 0 Å². The van der Waals surface area contributed by atoms with Crippen LogP contribution in [0.25, 0.3) is 11.4 Å². The van der Waals surface area contributed by atoms with E-state index in [1.54, 1.807) is 0 Å². The van der Waals surface area contributed by atoms with E-state index < -0.39 is 16.4 Å². The molecule has 0 radical (unpaired) electrons. The second-order valence-electron chi connectivity index (χ2n) is 7.59. The van der Waals surface area contributed by atoms with Crippen LogP contribution in [0.4, 0.5) is 11.4 Å². The van der Waals surface area contributed by atoms with Gasteiger partial charge in [0.1, 0.15) is 12.4 Å². The molecular weight excluding hydrogens is 400 g/mol. The zero-order chi connectivity index (χ0) is 22.0. The monoisotopic (exact) mass is 422 g/mol. The third-order valence-electron chi connectivity index (χ3n) is 5.37. The average Bonchev–Trinajstić information content (AvgIpc) is 2.99. The minimum atomic E-state index is -0.608. The molecule has 10 heteroatoms. The van der Waals surface area contributed by atoms with E-state index in [2.05, 4.69) is 20.1 Å². The summed E-state index contributed by atoms with van der Waals surface area (Å²) in [6.45, 7) is 2.40. The van der Waals surface area contributed by atoms with Crippen LogP contribution >= 0.6 is 0 Å². The summed E-state index contributed by atoms with van der Waals surface area (Å²) in [5, 5.41) is 22.4. The highest BCUT2D eigenvalue weighted by atomic mass is 16.6. The molecule has 0 saturated heterocycles. The van der Waals surface area contributed by atoms with E-state index in [1.165, 1.54) is 0 Å². The van der Waals surface area contributed by atoms with Crippen LogP contribution < -0.4 is 10.9 Å². The highest BCUT2D eigenvalue weighted by molar-refractivity contribution is 5.92. The maximum absolute atomic E-state index is 12.6. The van der Waals surface area contributed by atoms with Crippen molar-refractivity contribution in [2.45, 2.75) is 45.7 Å². The van der Waals surface area contributed by atoms with E-state index in [-0.39, 0.29) is 12.2 Å². The average molecular weight is 422 g/mol. The predicted octanol–water partition coefficient (Wildman–Crippen LogP) is 2.69. The van der Waals surface area contributed by atoms with Crippen LogP contribution in [0, 0.1) is 17.0 Å². The van der Waals surface area contributed by atoms with Gasteiger partial charge in [-0.2, -0.15) is 0 Å². The molecule has 0 saturated carbocycles. The van der Waals surface area contributed by atoms with Gasteiger partial charge in [-0.25, -0.2) is 0 Å². The number of carbonyl (C=O) groups excluding carboxylic acids is 1. The van der Waals surface area contributed by atoms with Crippen LogP contribution in [-0.2, 0) is 24.3 Å². The summed E-state index contributed by atoms with van der Waals surface area (Å²) in [6.07, 6.45) is 5.31. The van der Waals surface area contributed by atoms with E-state index in [9.17, 15) is 19.7 Å². The molecule has 1 aliphatic heterocycles. The van der Waals surface area contributed by atoms with Gasteiger partial charge < -0.3 is 9.88 Å².